The van der Waals surface area contributed by atoms with Crippen LogP contribution >= 0.6 is 0 Å². The van der Waals surface area contributed by atoms with Crippen molar-refractivity contribution in [3.8, 4) is 17.0 Å². The van der Waals surface area contributed by atoms with Gasteiger partial charge in [-0.3, -0.25) is 0 Å². The van der Waals surface area contributed by atoms with Crippen LogP contribution in [-0.2, 0) is 0 Å². The van der Waals surface area contributed by atoms with Crippen LogP contribution in [0.15, 0.2) is 28.8 Å². The Morgan fingerprint density at radius 1 is 1.25 bits per heavy atom. The molecule has 0 saturated carbocycles. The fourth-order valence-electron chi connectivity index (χ4n) is 1.54. The van der Waals surface area contributed by atoms with Crippen LogP contribution in [0.1, 0.15) is 25.3 Å². The summed E-state index contributed by atoms with van der Waals surface area (Å²) in [4.78, 5) is 0. The van der Waals surface area contributed by atoms with Gasteiger partial charge in [-0.05, 0) is 29.7 Å². The number of rotatable bonds is 2. The van der Waals surface area contributed by atoms with Gasteiger partial charge in [-0.2, -0.15) is 0 Å². The molecule has 0 bridgehead atoms. The van der Waals surface area contributed by atoms with Gasteiger partial charge in [-0.25, -0.2) is 0 Å². The highest BCUT2D eigenvalue weighted by Gasteiger charge is 2.08. The van der Waals surface area contributed by atoms with E-state index in [-0.39, 0.29) is 11.6 Å². The zero-order valence-electron chi connectivity index (χ0n) is 9.27. The molecule has 0 aliphatic rings. The zero-order valence-corrected chi connectivity index (χ0v) is 9.27. The van der Waals surface area contributed by atoms with Gasteiger partial charge in [0.1, 0.15) is 11.4 Å². The Labute approximate surface area is 93.7 Å². The average molecular weight is 218 g/mol. The summed E-state index contributed by atoms with van der Waals surface area (Å²) >= 11 is 0. The molecule has 1 aromatic heterocycles. The number of nitrogens with zero attached hydrogens (tertiary/aromatic N) is 1. The zero-order chi connectivity index (χ0) is 11.7. The van der Waals surface area contributed by atoms with E-state index >= 15 is 0 Å². The number of anilines is 1. The lowest BCUT2D eigenvalue weighted by molar-refractivity contribution is 0.439. The van der Waals surface area contributed by atoms with Gasteiger partial charge in [0, 0.05) is 11.6 Å². The van der Waals surface area contributed by atoms with Crippen molar-refractivity contribution in [3.05, 3.63) is 29.8 Å². The van der Waals surface area contributed by atoms with Crippen molar-refractivity contribution in [2.75, 3.05) is 5.73 Å². The fraction of sp³-hybridized carbons (Fsp3) is 0.250. The van der Waals surface area contributed by atoms with E-state index in [1.54, 1.807) is 18.2 Å². The third-order valence-corrected chi connectivity index (χ3v) is 2.43. The maximum absolute atomic E-state index is 9.62. The molecule has 0 spiro atoms. The predicted octanol–water partition coefficient (Wildman–Crippen LogP) is 2.75. The summed E-state index contributed by atoms with van der Waals surface area (Å²) in [5.74, 6) is 0.835. The second kappa shape index (κ2) is 3.89. The summed E-state index contributed by atoms with van der Waals surface area (Å²) < 4.78 is 4.81. The Balaban J connectivity index is 2.49. The lowest BCUT2D eigenvalue weighted by atomic mass is 9.99. The monoisotopic (exact) mass is 218 g/mol. The van der Waals surface area contributed by atoms with Crippen LogP contribution in [0.3, 0.4) is 0 Å². The average Bonchev–Trinajstić information content (AvgIpc) is 2.64. The van der Waals surface area contributed by atoms with Crippen molar-refractivity contribution < 1.29 is 9.63 Å². The predicted molar refractivity (Wildman–Crippen MR) is 62.1 cm³/mol. The quantitative estimate of drug-likeness (QED) is 0.812. The minimum atomic E-state index is 0.225. The molecule has 0 aliphatic carbocycles. The number of aromatic nitrogens is 1. The third kappa shape index (κ3) is 2.00. The summed E-state index contributed by atoms with van der Waals surface area (Å²) in [6, 6.07) is 7.00. The minimum Gasteiger partial charge on any atom is -0.508 e. The molecule has 84 valence electrons. The van der Waals surface area contributed by atoms with Crippen LogP contribution in [0.5, 0.6) is 5.75 Å². The third-order valence-electron chi connectivity index (χ3n) is 2.43. The lowest BCUT2D eigenvalue weighted by Gasteiger charge is -2.07. The molecule has 2 aromatic rings. The molecule has 0 aliphatic heterocycles. The Kier molecular flexibility index (Phi) is 2.56. The van der Waals surface area contributed by atoms with Crippen molar-refractivity contribution in [1.82, 2.24) is 5.16 Å². The molecule has 2 rings (SSSR count). The van der Waals surface area contributed by atoms with Gasteiger partial charge in [0.2, 0.25) is 5.88 Å². The Hall–Kier alpha value is -1.97. The number of aromatic hydroxyl groups is 1. The summed E-state index contributed by atoms with van der Waals surface area (Å²) in [5, 5.41) is 13.4. The lowest BCUT2D eigenvalue weighted by Crippen LogP contribution is -1.88. The molecule has 1 heterocycles. The van der Waals surface area contributed by atoms with E-state index in [2.05, 4.69) is 19.0 Å². The van der Waals surface area contributed by atoms with Crippen LogP contribution in [0.4, 0.5) is 5.88 Å². The van der Waals surface area contributed by atoms with E-state index in [1.165, 1.54) is 0 Å². The Morgan fingerprint density at radius 3 is 2.56 bits per heavy atom. The van der Waals surface area contributed by atoms with Crippen LogP contribution in [-0.4, -0.2) is 10.3 Å². The van der Waals surface area contributed by atoms with Crippen LogP contribution in [0, 0.1) is 0 Å². The van der Waals surface area contributed by atoms with Crippen molar-refractivity contribution in [2.45, 2.75) is 19.8 Å². The molecule has 4 nitrogen and oxygen atoms in total. The smallest absolute Gasteiger partial charge is 0.222 e. The Bertz CT molecular complexity index is 503. The maximum atomic E-state index is 9.62. The van der Waals surface area contributed by atoms with Crippen LogP contribution < -0.4 is 5.73 Å². The van der Waals surface area contributed by atoms with Crippen molar-refractivity contribution in [1.29, 1.82) is 0 Å². The van der Waals surface area contributed by atoms with Gasteiger partial charge in [0.25, 0.3) is 0 Å². The number of nitrogens with two attached hydrogens (primary N) is 1. The van der Waals surface area contributed by atoms with Gasteiger partial charge in [-0.1, -0.05) is 19.0 Å². The standard InChI is InChI=1S/C12H14N2O2/c1-7(2)8-3-9(5-10(15)4-8)11-6-12(13)16-14-11/h3-7,15H,13H2,1-2H3. The van der Waals surface area contributed by atoms with Gasteiger partial charge in [0.05, 0.1) is 0 Å². The largest absolute Gasteiger partial charge is 0.508 e. The summed E-state index contributed by atoms with van der Waals surface area (Å²) in [6.45, 7) is 4.13. The van der Waals surface area contributed by atoms with Crippen molar-refractivity contribution in [3.63, 3.8) is 0 Å². The number of nitrogen functional groups attached to an aromatic ring is 1. The SMILES string of the molecule is CC(C)c1cc(O)cc(-c2cc(N)on2)c1. The molecule has 16 heavy (non-hydrogen) atoms. The molecule has 3 N–H and O–H groups in total. The molecule has 0 saturated heterocycles. The van der Waals surface area contributed by atoms with E-state index in [0.717, 1.165) is 11.1 Å². The first-order valence-corrected chi connectivity index (χ1v) is 5.13. The summed E-state index contributed by atoms with van der Waals surface area (Å²) in [5.41, 5.74) is 7.96. The molecule has 0 radical (unpaired) electrons. The summed E-state index contributed by atoms with van der Waals surface area (Å²) in [6.07, 6.45) is 0. The highest BCUT2D eigenvalue weighted by molar-refractivity contribution is 5.64. The topological polar surface area (TPSA) is 72.3 Å². The maximum Gasteiger partial charge on any atom is 0.222 e. The number of phenolic OH excluding ortho intramolecular Hbond substituents is 1. The van der Waals surface area contributed by atoms with E-state index in [4.69, 9.17) is 10.3 Å². The van der Waals surface area contributed by atoms with E-state index in [1.807, 2.05) is 6.07 Å². The normalized spacial score (nSPS) is 10.9. The van der Waals surface area contributed by atoms with Crippen LogP contribution in [0.2, 0.25) is 0 Å². The number of benzene rings is 1. The molecule has 0 unspecified atom stereocenters. The van der Waals surface area contributed by atoms with Gasteiger partial charge in [-0.15, -0.1) is 0 Å². The van der Waals surface area contributed by atoms with Gasteiger partial charge < -0.3 is 15.4 Å². The first-order chi connectivity index (χ1) is 7.56. The molecule has 0 fully saturated rings. The number of hydrogen-bond acceptors (Lipinski definition) is 4. The van der Waals surface area contributed by atoms with E-state index in [9.17, 15) is 5.11 Å². The first kappa shape index (κ1) is 10.5. The highest BCUT2D eigenvalue weighted by Crippen LogP contribution is 2.28. The molecule has 4 heteroatoms. The minimum absolute atomic E-state index is 0.225. The Morgan fingerprint density at radius 2 is 2.00 bits per heavy atom. The first-order valence-electron chi connectivity index (χ1n) is 5.13. The summed E-state index contributed by atoms with van der Waals surface area (Å²) in [7, 11) is 0. The van der Waals surface area contributed by atoms with Crippen molar-refractivity contribution >= 4 is 5.88 Å². The fourth-order valence-corrected chi connectivity index (χ4v) is 1.54. The molecule has 0 amide bonds. The van der Waals surface area contributed by atoms with Crippen LogP contribution in [0.25, 0.3) is 11.3 Å². The highest BCUT2D eigenvalue weighted by atomic mass is 16.5. The molecular weight excluding hydrogens is 204 g/mol. The molecule has 1 aromatic carbocycles. The van der Waals surface area contributed by atoms with Gasteiger partial charge >= 0.3 is 0 Å². The molecule has 0 atom stereocenters. The van der Waals surface area contributed by atoms with E-state index < -0.39 is 0 Å². The van der Waals surface area contributed by atoms with E-state index in [0.29, 0.717) is 11.6 Å². The second-order valence-corrected chi connectivity index (χ2v) is 4.08. The van der Waals surface area contributed by atoms with Gasteiger partial charge in [0.15, 0.2) is 0 Å². The number of hydrogen-bond donors (Lipinski definition) is 2. The molecular formula is C12H14N2O2. The second-order valence-electron chi connectivity index (χ2n) is 4.08. The number of phenols is 1. The van der Waals surface area contributed by atoms with Crippen molar-refractivity contribution in [2.24, 2.45) is 0 Å².